The van der Waals surface area contributed by atoms with E-state index in [9.17, 15) is 14.3 Å². The van der Waals surface area contributed by atoms with Crippen molar-refractivity contribution >= 4 is 17.7 Å². The van der Waals surface area contributed by atoms with Crippen LogP contribution in [0.1, 0.15) is 104 Å². The number of carboxylic acid groups (broad SMARTS) is 1. The Bertz CT molecular complexity index is 1160. The van der Waals surface area contributed by atoms with Gasteiger partial charge in [-0.1, -0.05) is 39.3 Å². The Morgan fingerprint density at radius 1 is 1.05 bits per heavy atom. The number of fused-ring (bicyclic) bond motifs is 7. The molecular weight excluding hydrogens is 567 g/mol. The van der Waals surface area contributed by atoms with E-state index >= 15 is 0 Å². The minimum Gasteiger partial charge on any atom is -0.480 e. The van der Waals surface area contributed by atoms with Crippen LogP contribution in [0.4, 0.5) is 4.39 Å². The highest BCUT2D eigenvalue weighted by Gasteiger charge is 2.64. The van der Waals surface area contributed by atoms with Crippen LogP contribution in [-0.2, 0) is 4.79 Å². The number of nitrogens with zero attached hydrogens (tertiary/aromatic N) is 1. The summed E-state index contributed by atoms with van der Waals surface area (Å²) in [6.07, 6.45) is 21.6. The number of aliphatic carboxylic acids is 1. The Morgan fingerprint density at radius 3 is 2.66 bits per heavy atom. The van der Waals surface area contributed by atoms with Gasteiger partial charge in [-0.3, -0.25) is 14.1 Å². The summed E-state index contributed by atoms with van der Waals surface area (Å²) in [5.41, 5.74) is 4.30. The molecule has 1 heterocycles. The highest BCUT2D eigenvalue weighted by molar-refractivity contribution is 7.99. The Labute approximate surface area is 270 Å². The van der Waals surface area contributed by atoms with Gasteiger partial charge in [0.05, 0.1) is 6.67 Å². The first kappa shape index (κ1) is 31.7. The molecule has 44 heavy (non-hydrogen) atoms. The maximum absolute atomic E-state index is 13.3. The SMILES string of the molecule is CC1C(C2=CCC(CF)CC2)=CCC2(C)C1CCC1(C)C3CCC4(NCCN5CCSCC5C(=O)O)CCCC4C3CCC21. The fraction of sp³-hybridized carbons (Fsp3) is 0.868. The predicted octanol–water partition coefficient (Wildman–Crippen LogP) is 8.14. The number of carbonyl (C=O) groups is 1. The third-order valence-corrected chi connectivity index (χ3v) is 16.2. The average molecular weight is 627 g/mol. The van der Waals surface area contributed by atoms with Crippen LogP contribution < -0.4 is 5.32 Å². The number of hydrogen-bond donors (Lipinski definition) is 2. The molecule has 11 unspecified atom stereocenters. The lowest BCUT2D eigenvalue weighted by Gasteiger charge is -2.67. The normalized spacial score (nSPS) is 47.5. The summed E-state index contributed by atoms with van der Waals surface area (Å²) in [5.74, 6) is 6.08. The second kappa shape index (κ2) is 12.3. The Kier molecular flexibility index (Phi) is 8.88. The summed E-state index contributed by atoms with van der Waals surface area (Å²) < 4.78 is 13.3. The minimum absolute atomic E-state index is 0.162. The fourth-order valence-electron chi connectivity index (χ4n) is 13.1. The maximum Gasteiger partial charge on any atom is 0.321 e. The molecule has 0 radical (unpaired) electrons. The number of thioether (sulfide) groups is 1. The zero-order valence-corrected chi connectivity index (χ0v) is 28.6. The second-order valence-corrected chi connectivity index (χ2v) is 18.0. The Balaban J connectivity index is 1.05. The summed E-state index contributed by atoms with van der Waals surface area (Å²) in [7, 11) is 0. The fourth-order valence-corrected chi connectivity index (χ4v) is 14.2. The lowest BCUT2D eigenvalue weighted by molar-refractivity contribution is -0.166. The highest BCUT2D eigenvalue weighted by atomic mass is 32.2. The van der Waals surface area contributed by atoms with Gasteiger partial charge in [-0.05, 0) is 140 Å². The monoisotopic (exact) mass is 626 g/mol. The number of carboxylic acids is 1. The lowest BCUT2D eigenvalue weighted by Crippen LogP contribution is -2.63. The molecule has 2 N–H and O–H groups in total. The van der Waals surface area contributed by atoms with Crippen LogP contribution in [-0.4, -0.2) is 65.4 Å². The molecule has 0 aromatic rings. The number of allylic oxidation sites excluding steroid dienone is 4. The smallest absolute Gasteiger partial charge is 0.321 e. The molecule has 0 spiro atoms. The molecule has 0 bridgehead atoms. The third-order valence-electron chi connectivity index (χ3n) is 15.2. The Hall–Kier alpha value is -0.850. The highest BCUT2D eigenvalue weighted by Crippen LogP contribution is 2.70. The molecule has 0 aromatic heterocycles. The number of rotatable bonds is 7. The van der Waals surface area contributed by atoms with Gasteiger partial charge in [-0.25, -0.2) is 0 Å². The van der Waals surface area contributed by atoms with E-state index in [1.165, 1.54) is 64.2 Å². The van der Waals surface area contributed by atoms with Crippen molar-refractivity contribution in [2.45, 2.75) is 116 Å². The van der Waals surface area contributed by atoms with E-state index in [0.29, 0.717) is 16.7 Å². The molecule has 5 fully saturated rings. The maximum atomic E-state index is 13.3. The van der Waals surface area contributed by atoms with Crippen molar-refractivity contribution in [2.24, 2.45) is 52.3 Å². The summed E-state index contributed by atoms with van der Waals surface area (Å²) in [6, 6.07) is -0.323. The molecule has 1 aliphatic heterocycles. The molecule has 6 aliphatic carbocycles. The first-order valence-corrected chi connectivity index (χ1v) is 19.6. The molecule has 6 heteroatoms. The van der Waals surface area contributed by atoms with Crippen molar-refractivity contribution in [3.05, 3.63) is 23.3 Å². The van der Waals surface area contributed by atoms with E-state index < -0.39 is 5.97 Å². The van der Waals surface area contributed by atoms with Crippen LogP contribution in [0, 0.1) is 52.3 Å². The second-order valence-electron chi connectivity index (χ2n) is 16.8. The molecule has 7 aliphatic rings. The van der Waals surface area contributed by atoms with Gasteiger partial charge in [-0.2, -0.15) is 11.8 Å². The summed E-state index contributed by atoms with van der Waals surface area (Å²) in [5, 5.41) is 13.9. The third kappa shape index (κ3) is 5.18. The van der Waals surface area contributed by atoms with Gasteiger partial charge in [0.1, 0.15) is 6.04 Å². The van der Waals surface area contributed by atoms with E-state index in [-0.39, 0.29) is 24.2 Å². The van der Waals surface area contributed by atoms with E-state index in [4.69, 9.17) is 0 Å². The van der Waals surface area contributed by atoms with Gasteiger partial charge in [0.2, 0.25) is 0 Å². The van der Waals surface area contributed by atoms with Crippen molar-refractivity contribution in [3.8, 4) is 0 Å². The van der Waals surface area contributed by atoms with Crippen molar-refractivity contribution in [3.63, 3.8) is 0 Å². The molecule has 4 nitrogen and oxygen atoms in total. The van der Waals surface area contributed by atoms with Crippen LogP contribution in [0.2, 0.25) is 0 Å². The first-order valence-electron chi connectivity index (χ1n) is 18.5. The number of halogens is 1. The molecule has 0 amide bonds. The van der Waals surface area contributed by atoms with Gasteiger partial charge >= 0.3 is 5.97 Å². The first-order chi connectivity index (χ1) is 21.2. The van der Waals surface area contributed by atoms with E-state index in [1.54, 1.807) is 22.9 Å². The van der Waals surface area contributed by atoms with Crippen LogP contribution in [0.5, 0.6) is 0 Å². The average Bonchev–Trinajstić information content (AvgIpc) is 3.46. The lowest BCUT2D eigenvalue weighted by atomic mass is 9.38. The van der Waals surface area contributed by atoms with E-state index in [1.807, 2.05) is 0 Å². The zero-order chi connectivity index (χ0) is 30.7. The number of alkyl halides is 1. The number of nitrogens with one attached hydrogen (secondary N) is 1. The summed E-state index contributed by atoms with van der Waals surface area (Å²) in [6.45, 7) is 10.5. The van der Waals surface area contributed by atoms with Crippen LogP contribution in [0.3, 0.4) is 0 Å². The topological polar surface area (TPSA) is 52.6 Å². The van der Waals surface area contributed by atoms with Crippen molar-refractivity contribution < 1.29 is 14.3 Å². The van der Waals surface area contributed by atoms with Crippen molar-refractivity contribution in [1.29, 1.82) is 0 Å². The van der Waals surface area contributed by atoms with Gasteiger partial charge in [-0.15, -0.1) is 0 Å². The van der Waals surface area contributed by atoms with Crippen molar-refractivity contribution in [2.75, 3.05) is 37.8 Å². The van der Waals surface area contributed by atoms with Crippen molar-refractivity contribution in [1.82, 2.24) is 10.2 Å². The van der Waals surface area contributed by atoms with Gasteiger partial charge < -0.3 is 10.4 Å². The van der Waals surface area contributed by atoms with Crippen LogP contribution in [0.15, 0.2) is 23.3 Å². The molecule has 0 aromatic carbocycles. The number of hydrogen-bond acceptors (Lipinski definition) is 4. The van der Waals surface area contributed by atoms with Crippen LogP contribution in [0.25, 0.3) is 0 Å². The molecule has 1 saturated heterocycles. The van der Waals surface area contributed by atoms with Gasteiger partial charge in [0.15, 0.2) is 0 Å². The van der Waals surface area contributed by atoms with E-state index in [0.717, 1.165) is 80.0 Å². The largest absolute Gasteiger partial charge is 0.480 e. The van der Waals surface area contributed by atoms with Gasteiger partial charge in [0.25, 0.3) is 0 Å². The summed E-state index contributed by atoms with van der Waals surface area (Å²) >= 11 is 1.79. The van der Waals surface area contributed by atoms with Gasteiger partial charge in [0, 0.05) is 36.7 Å². The molecule has 11 atom stereocenters. The predicted molar refractivity (Wildman–Crippen MR) is 180 cm³/mol. The standard InChI is InChI=1S/C38H59FN2O2S/c1-25-28(27-8-6-26(23-39)7-9-27)12-16-36(2)30(25)13-17-37(3)31-14-18-38(15-4-5-32(38)29(31)10-11-34(36)37)40-19-20-41-21-22-44-24-33(41)35(42)43/h8,12,25-26,29-34,40H,4-7,9-11,13-24H2,1-3H3,(H,42,43). The molecular formula is C38H59FN2O2S. The summed E-state index contributed by atoms with van der Waals surface area (Å²) in [4.78, 5) is 14.1. The zero-order valence-electron chi connectivity index (χ0n) is 27.8. The van der Waals surface area contributed by atoms with Crippen LogP contribution >= 0.6 is 11.8 Å². The van der Waals surface area contributed by atoms with E-state index in [2.05, 4.69) is 43.1 Å². The molecule has 246 valence electrons. The Morgan fingerprint density at radius 2 is 1.89 bits per heavy atom. The molecule has 4 saturated carbocycles. The quantitative estimate of drug-likeness (QED) is 0.299. The minimum atomic E-state index is -0.653. The molecule has 7 rings (SSSR count).